The molecule has 1 aromatic carbocycles. The summed E-state index contributed by atoms with van der Waals surface area (Å²) in [5.74, 6) is 0. The first-order valence-electron chi connectivity index (χ1n) is 4.63. The van der Waals surface area contributed by atoms with Crippen molar-refractivity contribution in [1.82, 2.24) is 5.32 Å². The van der Waals surface area contributed by atoms with E-state index in [0.717, 1.165) is 0 Å². The van der Waals surface area contributed by atoms with Gasteiger partial charge in [0.25, 0.3) is 0 Å². The molecule has 1 fully saturated rings. The molecule has 2 atom stereocenters. The van der Waals surface area contributed by atoms with Gasteiger partial charge in [0, 0.05) is 6.04 Å². The zero-order valence-corrected chi connectivity index (χ0v) is 7.67. The Kier molecular flexibility index (Phi) is 1.69. The van der Waals surface area contributed by atoms with Crippen molar-refractivity contribution in [1.29, 1.82) is 0 Å². The van der Waals surface area contributed by atoms with Crippen molar-refractivity contribution in [3.05, 3.63) is 35.9 Å². The number of hydrogen-bond donors (Lipinski definition) is 1. The van der Waals surface area contributed by atoms with E-state index >= 15 is 0 Å². The fourth-order valence-electron chi connectivity index (χ4n) is 2.03. The van der Waals surface area contributed by atoms with Crippen molar-refractivity contribution in [3.63, 3.8) is 0 Å². The quantitative estimate of drug-likeness (QED) is 0.660. The summed E-state index contributed by atoms with van der Waals surface area (Å²) in [4.78, 5) is 0. The summed E-state index contributed by atoms with van der Waals surface area (Å²) in [5.41, 5.74) is 1.72. The minimum atomic E-state index is 0.293. The predicted octanol–water partition coefficient (Wildman–Crippen LogP) is 2.28. The zero-order valence-electron chi connectivity index (χ0n) is 7.67. The molecule has 1 saturated heterocycles. The Labute approximate surface area is 73.8 Å². The summed E-state index contributed by atoms with van der Waals surface area (Å²) in [6.45, 7) is 4.49. The standard InChI is InChI=1S/C11H15N/c1-3-11(9(2)12-11)10-7-5-4-6-8-10/h4-9,12H,3H2,1-2H3/t9?,11-/m1/s1. The second kappa shape index (κ2) is 2.60. The van der Waals surface area contributed by atoms with Gasteiger partial charge in [0.1, 0.15) is 0 Å². The fourth-order valence-corrected chi connectivity index (χ4v) is 2.03. The highest BCUT2D eigenvalue weighted by atomic mass is 15.2. The average molecular weight is 161 g/mol. The maximum atomic E-state index is 3.51. The summed E-state index contributed by atoms with van der Waals surface area (Å²) >= 11 is 0. The molecule has 2 rings (SSSR count). The molecule has 1 nitrogen and oxygen atoms in total. The lowest BCUT2D eigenvalue weighted by molar-refractivity contribution is 0.625. The van der Waals surface area contributed by atoms with Gasteiger partial charge < -0.3 is 5.32 Å². The van der Waals surface area contributed by atoms with Crippen LogP contribution in [0.5, 0.6) is 0 Å². The summed E-state index contributed by atoms with van der Waals surface area (Å²) in [7, 11) is 0. The summed E-state index contributed by atoms with van der Waals surface area (Å²) in [6.07, 6.45) is 1.18. The van der Waals surface area contributed by atoms with Crippen LogP contribution in [0, 0.1) is 0 Å². The van der Waals surface area contributed by atoms with E-state index in [1.165, 1.54) is 12.0 Å². The first-order valence-corrected chi connectivity index (χ1v) is 4.63. The van der Waals surface area contributed by atoms with Crippen LogP contribution in [-0.2, 0) is 5.54 Å². The highest BCUT2D eigenvalue weighted by molar-refractivity contribution is 5.33. The molecule has 0 amide bonds. The van der Waals surface area contributed by atoms with E-state index in [-0.39, 0.29) is 0 Å². The molecule has 1 aromatic rings. The van der Waals surface area contributed by atoms with E-state index in [1.807, 2.05) is 0 Å². The van der Waals surface area contributed by atoms with Crippen molar-refractivity contribution < 1.29 is 0 Å². The predicted molar refractivity (Wildman–Crippen MR) is 51.0 cm³/mol. The van der Waals surface area contributed by atoms with E-state index in [0.29, 0.717) is 11.6 Å². The van der Waals surface area contributed by atoms with E-state index < -0.39 is 0 Å². The van der Waals surface area contributed by atoms with Gasteiger partial charge >= 0.3 is 0 Å². The molecule has 1 heterocycles. The summed E-state index contributed by atoms with van der Waals surface area (Å²) in [5, 5.41) is 3.51. The van der Waals surface area contributed by atoms with Gasteiger partial charge in [0.05, 0.1) is 5.54 Å². The third-order valence-electron chi connectivity index (χ3n) is 2.98. The SMILES string of the molecule is CC[C@@]1(c2ccccc2)NC1C. The minimum Gasteiger partial charge on any atom is -0.301 e. The van der Waals surface area contributed by atoms with Crippen LogP contribution in [0.2, 0.25) is 0 Å². The minimum absolute atomic E-state index is 0.293. The molecule has 1 aliphatic rings. The van der Waals surface area contributed by atoms with Crippen LogP contribution in [0.15, 0.2) is 30.3 Å². The molecule has 1 unspecified atom stereocenters. The number of benzene rings is 1. The molecule has 0 spiro atoms. The van der Waals surface area contributed by atoms with Gasteiger partial charge in [-0.3, -0.25) is 0 Å². The molecular formula is C11H15N. The molecule has 1 N–H and O–H groups in total. The second-order valence-electron chi connectivity index (χ2n) is 3.56. The molecule has 12 heavy (non-hydrogen) atoms. The Bertz CT molecular complexity index is 264. The van der Waals surface area contributed by atoms with Gasteiger partial charge in [-0.05, 0) is 18.9 Å². The van der Waals surface area contributed by atoms with Crippen LogP contribution in [-0.4, -0.2) is 6.04 Å². The molecule has 0 aliphatic carbocycles. The third kappa shape index (κ3) is 0.969. The topological polar surface area (TPSA) is 21.9 Å². The first kappa shape index (κ1) is 7.81. The lowest BCUT2D eigenvalue weighted by Crippen LogP contribution is -2.12. The Morgan fingerprint density at radius 1 is 1.33 bits per heavy atom. The Hall–Kier alpha value is -0.820. The van der Waals surface area contributed by atoms with Gasteiger partial charge in [-0.2, -0.15) is 0 Å². The molecule has 0 saturated carbocycles. The number of rotatable bonds is 2. The van der Waals surface area contributed by atoms with Crippen molar-refractivity contribution in [2.75, 3.05) is 0 Å². The van der Waals surface area contributed by atoms with Gasteiger partial charge in [0.2, 0.25) is 0 Å². The Morgan fingerprint density at radius 3 is 2.33 bits per heavy atom. The summed E-state index contributed by atoms with van der Waals surface area (Å²) in [6, 6.07) is 11.4. The monoisotopic (exact) mass is 161 g/mol. The maximum Gasteiger partial charge on any atom is 0.0587 e. The van der Waals surface area contributed by atoms with Gasteiger partial charge in [0.15, 0.2) is 0 Å². The smallest absolute Gasteiger partial charge is 0.0587 e. The molecule has 0 aromatic heterocycles. The highest BCUT2D eigenvalue weighted by Gasteiger charge is 2.49. The summed E-state index contributed by atoms with van der Waals surface area (Å²) < 4.78 is 0. The number of nitrogens with one attached hydrogen (secondary N) is 1. The zero-order chi connectivity index (χ0) is 8.60. The Morgan fingerprint density at radius 2 is 1.92 bits per heavy atom. The van der Waals surface area contributed by atoms with Crippen LogP contribution < -0.4 is 5.32 Å². The van der Waals surface area contributed by atoms with E-state index in [1.54, 1.807) is 0 Å². The van der Waals surface area contributed by atoms with Crippen LogP contribution in [0.4, 0.5) is 0 Å². The van der Waals surface area contributed by atoms with Crippen LogP contribution in [0.3, 0.4) is 0 Å². The van der Waals surface area contributed by atoms with Crippen LogP contribution in [0.1, 0.15) is 25.8 Å². The van der Waals surface area contributed by atoms with Crippen molar-refractivity contribution in [2.45, 2.75) is 31.8 Å². The number of hydrogen-bond acceptors (Lipinski definition) is 1. The molecule has 64 valence electrons. The average Bonchev–Trinajstić information content (AvgIpc) is 2.80. The molecule has 0 radical (unpaired) electrons. The third-order valence-corrected chi connectivity index (χ3v) is 2.98. The fraction of sp³-hybridized carbons (Fsp3) is 0.455. The molecule has 1 heteroatoms. The van der Waals surface area contributed by atoms with Crippen molar-refractivity contribution >= 4 is 0 Å². The Balaban J connectivity index is 2.31. The first-order chi connectivity index (χ1) is 5.79. The van der Waals surface area contributed by atoms with Crippen molar-refractivity contribution in [3.8, 4) is 0 Å². The maximum absolute atomic E-state index is 3.51. The molecule has 1 aliphatic heterocycles. The van der Waals surface area contributed by atoms with Crippen molar-refractivity contribution in [2.24, 2.45) is 0 Å². The van der Waals surface area contributed by atoms with Gasteiger partial charge in [-0.25, -0.2) is 0 Å². The normalized spacial score (nSPS) is 33.3. The lowest BCUT2D eigenvalue weighted by atomic mass is 9.93. The van der Waals surface area contributed by atoms with E-state index in [2.05, 4.69) is 49.5 Å². The van der Waals surface area contributed by atoms with Gasteiger partial charge in [-0.1, -0.05) is 37.3 Å². The van der Waals surface area contributed by atoms with E-state index in [9.17, 15) is 0 Å². The molecular weight excluding hydrogens is 146 g/mol. The lowest BCUT2D eigenvalue weighted by Gasteiger charge is -2.11. The second-order valence-corrected chi connectivity index (χ2v) is 3.56. The molecule has 0 bridgehead atoms. The van der Waals surface area contributed by atoms with Gasteiger partial charge in [-0.15, -0.1) is 0 Å². The largest absolute Gasteiger partial charge is 0.301 e. The van der Waals surface area contributed by atoms with Crippen LogP contribution in [0.25, 0.3) is 0 Å². The highest BCUT2D eigenvalue weighted by Crippen LogP contribution is 2.40. The van der Waals surface area contributed by atoms with E-state index in [4.69, 9.17) is 0 Å². The van der Waals surface area contributed by atoms with Crippen LogP contribution >= 0.6 is 0 Å².